The molecule has 6 heteroatoms. The van der Waals surface area contributed by atoms with Crippen LogP contribution in [-0.2, 0) is 11.3 Å². The predicted molar refractivity (Wildman–Crippen MR) is 66.2 cm³/mol. The Bertz CT molecular complexity index is 459. The number of nitro groups is 1. The lowest BCUT2D eigenvalue weighted by molar-refractivity contribution is -0.385. The highest BCUT2D eigenvalue weighted by atomic mass is 16.6. The van der Waals surface area contributed by atoms with Crippen molar-refractivity contribution < 1.29 is 14.8 Å². The Balaban J connectivity index is 2.89. The molecule has 0 saturated carbocycles. The molecule has 1 N–H and O–H groups in total. The number of rotatable bonds is 7. The lowest BCUT2D eigenvalue weighted by atomic mass is 10.1. The molecule has 0 amide bonds. The molecule has 1 aromatic rings. The van der Waals surface area contributed by atoms with Gasteiger partial charge in [0.2, 0.25) is 0 Å². The Labute approximate surface area is 104 Å². The lowest BCUT2D eigenvalue weighted by Gasteiger charge is -2.18. The minimum absolute atomic E-state index is 0.00282. The molecule has 0 heterocycles. The molecule has 1 aromatic carbocycles. The highest BCUT2D eigenvalue weighted by Gasteiger charge is 2.16. The summed E-state index contributed by atoms with van der Waals surface area (Å²) in [5.74, 6) is -0.976. The average molecular weight is 250 g/mol. The molecule has 0 fully saturated rings. The molecular formula is C12H14N2O4. The van der Waals surface area contributed by atoms with E-state index < -0.39 is 10.9 Å². The van der Waals surface area contributed by atoms with E-state index in [1.165, 1.54) is 6.07 Å². The number of para-hydroxylation sites is 1. The van der Waals surface area contributed by atoms with E-state index in [2.05, 4.69) is 6.58 Å². The third-order valence-corrected chi connectivity index (χ3v) is 2.33. The van der Waals surface area contributed by atoms with Crippen LogP contribution in [0.25, 0.3) is 0 Å². The zero-order chi connectivity index (χ0) is 13.5. The second kappa shape index (κ2) is 6.51. The molecule has 0 atom stereocenters. The second-order valence-electron chi connectivity index (χ2n) is 3.74. The summed E-state index contributed by atoms with van der Waals surface area (Å²) in [5.41, 5.74) is 0.488. The number of carboxylic acid groups (broad SMARTS) is 1. The Hall–Kier alpha value is -2.21. The zero-order valence-corrected chi connectivity index (χ0v) is 9.78. The van der Waals surface area contributed by atoms with Gasteiger partial charge in [-0.1, -0.05) is 24.3 Å². The van der Waals surface area contributed by atoms with Crippen molar-refractivity contribution in [1.82, 2.24) is 4.90 Å². The molecule has 0 radical (unpaired) electrons. The van der Waals surface area contributed by atoms with E-state index >= 15 is 0 Å². The first-order valence-corrected chi connectivity index (χ1v) is 5.32. The molecule has 0 saturated heterocycles. The second-order valence-corrected chi connectivity index (χ2v) is 3.74. The number of nitro benzene ring substituents is 1. The van der Waals surface area contributed by atoms with E-state index in [0.717, 1.165) is 0 Å². The zero-order valence-electron chi connectivity index (χ0n) is 9.78. The van der Waals surface area contributed by atoms with E-state index in [-0.39, 0.29) is 18.8 Å². The van der Waals surface area contributed by atoms with Crippen LogP contribution in [-0.4, -0.2) is 34.0 Å². The van der Waals surface area contributed by atoms with E-state index in [1.54, 1.807) is 29.2 Å². The maximum atomic E-state index is 10.8. The summed E-state index contributed by atoms with van der Waals surface area (Å²) >= 11 is 0. The fraction of sp³-hybridized carbons (Fsp3) is 0.250. The van der Waals surface area contributed by atoms with Gasteiger partial charge in [0, 0.05) is 24.7 Å². The topological polar surface area (TPSA) is 83.7 Å². The van der Waals surface area contributed by atoms with Crippen molar-refractivity contribution in [1.29, 1.82) is 0 Å². The number of aliphatic carboxylic acids is 1. The SMILES string of the molecule is C=CCN(CC(=O)O)Cc1ccccc1[N+](=O)[O-]. The molecule has 0 aliphatic heterocycles. The van der Waals surface area contributed by atoms with E-state index in [9.17, 15) is 14.9 Å². The van der Waals surface area contributed by atoms with Crippen molar-refractivity contribution in [3.63, 3.8) is 0 Å². The van der Waals surface area contributed by atoms with Gasteiger partial charge in [0.15, 0.2) is 0 Å². The summed E-state index contributed by atoms with van der Waals surface area (Å²) in [6.45, 7) is 3.92. The van der Waals surface area contributed by atoms with E-state index in [0.29, 0.717) is 12.1 Å². The Morgan fingerprint density at radius 2 is 2.17 bits per heavy atom. The van der Waals surface area contributed by atoms with Gasteiger partial charge in [-0.05, 0) is 0 Å². The molecule has 18 heavy (non-hydrogen) atoms. The highest BCUT2D eigenvalue weighted by Crippen LogP contribution is 2.19. The number of benzene rings is 1. The summed E-state index contributed by atoms with van der Waals surface area (Å²) in [7, 11) is 0. The van der Waals surface area contributed by atoms with Crippen LogP contribution in [0.5, 0.6) is 0 Å². The maximum Gasteiger partial charge on any atom is 0.317 e. The molecule has 0 unspecified atom stereocenters. The van der Waals surface area contributed by atoms with Crippen LogP contribution in [0.15, 0.2) is 36.9 Å². The first-order valence-electron chi connectivity index (χ1n) is 5.32. The molecule has 0 aromatic heterocycles. The van der Waals surface area contributed by atoms with Crippen molar-refractivity contribution in [2.45, 2.75) is 6.54 Å². The van der Waals surface area contributed by atoms with Crippen LogP contribution in [0.1, 0.15) is 5.56 Å². The average Bonchev–Trinajstić information content (AvgIpc) is 2.28. The molecular weight excluding hydrogens is 236 g/mol. The molecule has 6 nitrogen and oxygen atoms in total. The van der Waals surface area contributed by atoms with Gasteiger partial charge in [0.1, 0.15) is 0 Å². The van der Waals surface area contributed by atoms with Gasteiger partial charge in [-0.15, -0.1) is 6.58 Å². The van der Waals surface area contributed by atoms with Crippen molar-refractivity contribution >= 4 is 11.7 Å². The Kier molecular flexibility index (Phi) is 5.01. The van der Waals surface area contributed by atoms with Gasteiger partial charge in [0.05, 0.1) is 11.5 Å². The summed E-state index contributed by atoms with van der Waals surface area (Å²) in [6.07, 6.45) is 1.57. The van der Waals surface area contributed by atoms with Crippen LogP contribution in [0.4, 0.5) is 5.69 Å². The minimum atomic E-state index is -0.976. The molecule has 96 valence electrons. The van der Waals surface area contributed by atoms with Crippen LogP contribution < -0.4 is 0 Å². The van der Waals surface area contributed by atoms with Gasteiger partial charge in [0.25, 0.3) is 5.69 Å². The number of hydrogen-bond acceptors (Lipinski definition) is 4. The van der Waals surface area contributed by atoms with Gasteiger partial charge in [-0.3, -0.25) is 19.8 Å². The van der Waals surface area contributed by atoms with Gasteiger partial charge < -0.3 is 5.11 Å². The number of nitrogens with zero attached hydrogens (tertiary/aromatic N) is 2. The predicted octanol–water partition coefficient (Wildman–Crippen LogP) is 1.67. The van der Waals surface area contributed by atoms with Crippen LogP contribution >= 0.6 is 0 Å². The summed E-state index contributed by atoms with van der Waals surface area (Å²) in [6, 6.07) is 6.30. The van der Waals surface area contributed by atoms with E-state index in [4.69, 9.17) is 5.11 Å². The first-order chi connectivity index (χ1) is 8.54. The van der Waals surface area contributed by atoms with Gasteiger partial charge in [-0.2, -0.15) is 0 Å². The minimum Gasteiger partial charge on any atom is -0.480 e. The fourth-order valence-corrected chi connectivity index (χ4v) is 1.62. The van der Waals surface area contributed by atoms with Crippen molar-refractivity contribution in [2.24, 2.45) is 0 Å². The Morgan fingerprint density at radius 3 is 2.72 bits per heavy atom. The Morgan fingerprint density at radius 1 is 1.50 bits per heavy atom. The van der Waals surface area contributed by atoms with Crippen molar-refractivity contribution in [2.75, 3.05) is 13.1 Å². The van der Waals surface area contributed by atoms with Crippen LogP contribution in [0.2, 0.25) is 0 Å². The third kappa shape index (κ3) is 3.99. The van der Waals surface area contributed by atoms with Crippen LogP contribution in [0, 0.1) is 10.1 Å². The standard InChI is InChI=1S/C12H14N2O4/c1-2-7-13(9-12(15)16)8-10-5-3-4-6-11(10)14(17)18/h2-6H,1,7-9H2,(H,15,16). The molecule has 0 aliphatic carbocycles. The lowest BCUT2D eigenvalue weighted by Crippen LogP contribution is -2.29. The highest BCUT2D eigenvalue weighted by molar-refractivity contribution is 5.69. The number of hydrogen-bond donors (Lipinski definition) is 1. The molecule has 0 bridgehead atoms. The summed E-state index contributed by atoms with van der Waals surface area (Å²) < 4.78 is 0. The van der Waals surface area contributed by atoms with Gasteiger partial charge in [-0.25, -0.2) is 0 Å². The summed E-state index contributed by atoms with van der Waals surface area (Å²) in [4.78, 5) is 22.6. The smallest absolute Gasteiger partial charge is 0.317 e. The molecule has 0 spiro atoms. The largest absolute Gasteiger partial charge is 0.480 e. The summed E-state index contributed by atoms with van der Waals surface area (Å²) in [5, 5.41) is 19.6. The van der Waals surface area contributed by atoms with Crippen molar-refractivity contribution in [3.8, 4) is 0 Å². The number of carbonyl (C=O) groups is 1. The van der Waals surface area contributed by atoms with Gasteiger partial charge >= 0.3 is 5.97 Å². The maximum absolute atomic E-state index is 10.8. The van der Waals surface area contributed by atoms with Crippen LogP contribution in [0.3, 0.4) is 0 Å². The first kappa shape index (κ1) is 13.9. The fourth-order valence-electron chi connectivity index (χ4n) is 1.62. The van der Waals surface area contributed by atoms with E-state index in [1.807, 2.05) is 0 Å². The quantitative estimate of drug-likeness (QED) is 0.452. The number of carboxylic acids is 1. The molecule has 0 aliphatic rings. The normalized spacial score (nSPS) is 10.3. The third-order valence-electron chi connectivity index (χ3n) is 2.33. The molecule has 1 rings (SSSR count). The monoisotopic (exact) mass is 250 g/mol. The van der Waals surface area contributed by atoms with Crippen molar-refractivity contribution in [3.05, 3.63) is 52.6 Å².